The molecule has 0 bridgehead atoms. The third-order valence-electron chi connectivity index (χ3n) is 4.86. The fourth-order valence-electron chi connectivity index (χ4n) is 3.02. The van der Waals surface area contributed by atoms with Gasteiger partial charge >= 0.3 is 0 Å². The zero-order chi connectivity index (χ0) is 21.1. The van der Waals surface area contributed by atoms with Crippen molar-refractivity contribution < 1.29 is 13.6 Å². The van der Waals surface area contributed by atoms with Gasteiger partial charge in [-0.05, 0) is 37.8 Å². The number of benzene rings is 1. The number of hydrogen-bond acceptors (Lipinski definition) is 7. The predicted octanol–water partition coefficient (Wildman–Crippen LogP) is 5.66. The first-order chi connectivity index (χ1) is 14.6. The Hall–Kier alpha value is -2.46. The maximum atomic E-state index is 14.8. The Kier molecular flexibility index (Phi) is 6.33. The van der Waals surface area contributed by atoms with Crippen LogP contribution in [0.3, 0.4) is 0 Å². The van der Waals surface area contributed by atoms with E-state index in [0.717, 1.165) is 35.8 Å². The number of amides is 1. The van der Waals surface area contributed by atoms with Crippen LogP contribution in [0, 0.1) is 11.6 Å². The normalized spacial score (nSPS) is 13.8. The van der Waals surface area contributed by atoms with E-state index >= 15 is 0 Å². The van der Waals surface area contributed by atoms with E-state index in [1.165, 1.54) is 42.1 Å². The number of fused-ring (bicyclic) bond motifs is 1. The second kappa shape index (κ2) is 9.13. The highest BCUT2D eigenvalue weighted by Gasteiger charge is 2.23. The molecule has 30 heavy (non-hydrogen) atoms. The molecule has 0 atom stereocenters. The highest BCUT2D eigenvalue weighted by Crippen LogP contribution is 2.33. The predicted molar refractivity (Wildman–Crippen MR) is 119 cm³/mol. The van der Waals surface area contributed by atoms with Gasteiger partial charge in [0, 0.05) is 17.2 Å². The lowest BCUT2D eigenvalue weighted by Gasteiger charge is -2.26. The Morgan fingerprint density at radius 2 is 2.13 bits per heavy atom. The lowest BCUT2D eigenvalue weighted by molar-refractivity contribution is 0.102. The molecule has 1 aliphatic rings. The quantitative estimate of drug-likeness (QED) is 0.304. The van der Waals surface area contributed by atoms with Crippen molar-refractivity contribution in [3.05, 3.63) is 41.0 Å². The second-order valence-electron chi connectivity index (χ2n) is 7.01. The summed E-state index contributed by atoms with van der Waals surface area (Å²) in [5.41, 5.74) is 0.354. The molecule has 158 valence electrons. The number of carbonyl (C=O) groups is 1. The van der Waals surface area contributed by atoms with E-state index in [0.29, 0.717) is 17.4 Å². The zero-order valence-corrected chi connectivity index (χ0v) is 17.9. The van der Waals surface area contributed by atoms with E-state index in [9.17, 15) is 13.6 Å². The monoisotopic (exact) mass is 449 g/mol. The topological polar surface area (TPSA) is 78.9 Å². The third-order valence-corrected chi connectivity index (χ3v) is 6.81. The molecule has 1 aliphatic carbocycles. The first-order valence-electron chi connectivity index (χ1n) is 9.74. The summed E-state index contributed by atoms with van der Waals surface area (Å²) in [6, 6.07) is 2.82. The second-order valence-corrected chi connectivity index (χ2v) is 8.79. The third kappa shape index (κ3) is 4.20. The van der Waals surface area contributed by atoms with Crippen LogP contribution < -0.4 is 15.4 Å². The van der Waals surface area contributed by atoms with Gasteiger partial charge < -0.3 is 15.4 Å². The number of aromatic nitrogens is 2. The summed E-state index contributed by atoms with van der Waals surface area (Å²) in [6.45, 7) is 2.00. The maximum Gasteiger partial charge on any atom is 0.258 e. The molecular weight excluding hydrogens is 428 g/mol. The van der Waals surface area contributed by atoms with Crippen molar-refractivity contribution in [1.29, 1.82) is 0 Å². The molecule has 1 fully saturated rings. The number of nitrogens with one attached hydrogen (secondary N) is 3. The van der Waals surface area contributed by atoms with E-state index in [1.807, 2.05) is 6.92 Å². The fourth-order valence-corrected chi connectivity index (χ4v) is 4.59. The van der Waals surface area contributed by atoms with Gasteiger partial charge in [-0.2, -0.15) is 0 Å². The van der Waals surface area contributed by atoms with Gasteiger partial charge in [0.05, 0.1) is 21.5 Å². The van der Waals surface area contributed by atoms with Crippen LogP contribution >= 0.6 is 23.3 Å². The van der Waals surface area contributed by atoms with E-state index in [2.05, 4.69) is 25.3 Å². The minimum absolute atomic E-state index is 0.120. The Morgan fingerprint density at radius 1 is 1.30 bits per heavy atom. The minimum Gasteiger partial charge on any atom is -0.366 e. The van der Waals surface area contributed by atoms with Gasteiger partial charge in [0.2, 0.25) is 0 Å². The van der Waals surface area contributed by atoms with Crippen molar-refractivity contribution in [1.82, 2.24) is 9.97 Å². The Morgan fingerprint density at radius 3 is 2.87 bits per heavy atom. The molecule has 2 aromatic heterocycles. The number of hydrogen-bond donors (Lipinski definition) is 3. The first kappa shape index (κ1) is 20.8. The van der Waals surface area contributed by atoms with Crippen LogP contribution in [0.25, 0.3) is 10.2 Å². The smallest absolute Gasteiger partial charge is 0.258 e. The number of nitrogens with zero attached hydrogens (tertiary/aromatic N) is 2. The van der Waals surface area contributed by atoms with Gasteiger partial charge in [-0.25, -0.2) is 18.7 Å². The van der Waals surface area contributed by atoms with Crippen LogP contribution in [-0.2, 0) is 0 Å². The van der Waals surface area contributed by atoms with E-state index < -0.39 is 23.2 Å². The van der Waals surface area contributed by atoms with Crippen LogP contribution in [-0.4, -0.2) is 27.7 Å². The summed E-state index contributed by atoms with van der Waals surface area (Å²) in [5, 5.41) is 7.38. The number of carbonyl (C=O) groups excluding carboxylic acids is 1. The van der Waals surface area contributed by atoms with Gasteiger partial charge in [0.1, 0.15) is 23.6 Å². The molecule has 2 heterocycles. The van der Waals surface area contributed by atoms with Crippen molar-refractivity contribution in [3.63, 3.8) is 0 Å². The molecular formula is C20H21F2N5OS2. The van der Waals surface area contributed by atoms with Crippen LogP contribution in [0.15, 0.2) is 23.8 Å². The summed E-state index contributed by atoms with van der Waals surface area (Å²) in [5.74, 6) is -0.839. The van der Waals surface area contributed by atoms with Crippen LogP contribution in [0.5, 0.6) is 0 Å². The van der Waals surface area contributed by atoms with Gasteiger partial charge in [0.25, 0.3) is 5.91 Å². The number of rotatable bonds is 8. The van der Waals surface area contributed by atoms with Crippen molar-refractivity contribution in [2.45, 2.75) is 38.6 Å². The summed E-state index contributed by atoms with van der Waals surface area (Å²) in [6.07, 6.45) is 5.66. The highest BCUT2D eigenvalue weighted by molar-refractivity contribution is 8.00. The molecule has 0 radical (unpaired) electrons. The van der Waals surface area contributed by atoms with Crippen molar-refractivity contribution in [3.8, 4) is 0 Å². The molecule has 0 aliphatic heterocycles. The molecule has 0 spiro atoms. The van der Waals surface area contributed by atoms with Crippen LogP contribution in [0.2, 0.25) is 0 Å². The number of thiophene rings is 1. The van der Waals surface area contributed by atoms with Gasteiger partial charge in [-0.1, -0.05) is 18.9 Å². The van der Waals surface area contributed by atoms with Gasteiger partial charge in [0.15, 0.2) is 5.82 Å². The van der Waals surface area contributed by atoms with Crippen LogP contribution in [0.4, 0.5) is 26.0 Å². The summed E-state index contributed by atoms with van der Waals surface area (Å²) in [7, 11) is 0. The molecule has 1 amide bonds. The van der Waals surface area contributed by atoms with E-state index in [1.54, 1.807) is 5.38 Å². The lowest BCUT2D eigenvalue weighted by Crippen LogP contribution is -2.27. The van der Waals surface area contributed by atoms with E-state index in [4.69, 9.17) is 0 Å². The van der Waals surface area contributed by atoms with Crippen molar-refractivity contribution in [2.75, 3.05) is 21.1 Å². The zero-order valence-electron chi connectivity index (χ0n) is 16.3. The standard InChI is InChI=1S/C20H21F2N5OS2/c1-2-8-30-27-14-7-6-13(21)17(15(14)22)26-20(28)12-9-29-18-16(12)23-10-24-19(18)25-11-4-3-5-11/h6-7,9-11,27H,2-5,8H2,1H3,(H,26,28)(H,23,24,25). The molecule has 0 saturated heterocycles. The Bertz CT molecular complexity index is 1070. The highest BCUT2D eigenvalue weighted by atomic mass is 32.2. The Labute approximate surface area is 181 Å². The summed E-state index contributed by atoms with van der Waals surface area (Å²) in [4.78, 5) is 21.3. The van der Waals surface area contributed by atoms with Crippen LogP contribution in [0.1, 0.15) is 43.0 Å². The average molecular weight is 450 g/mol. The van der Waals surface area contributed by atoms with Crippen molar-refractivity contribution in [2.24, 2.45) is 0 Å². The molecule has 3 N–H and O–H groups in total. The summed E-state index contributed by atoms with van der Waals surface area (Å²) < 4.78 is 32.6. The minimum atomic E-state index is -0.839. The molecule has 0 unspecified atom stereocenters. The van der Waals surface area contributed by atoms with Gasteiger partial charge in [-0.3, -0.25) is 4.79 Å². The average Bonchev–Trinajstić information content (AvgIpc) is 3.14. The molecule has 10 heteroatoms. The molecule has 1 saturated carbocycles. The maximum absolute atomic E-state index is 14.8. The van der Waals surface area contributed by atoms with E-state index in [-0.39, 0.29) is 11.3 Å². The molecule has 4 rings (SSSR count). The Balaban J connectivity index is 1.57. The molecule has 1 aromatic carbocycles. The molecule has 3 aromatic rings. The number of anilines is 3. The molecule has 6 nitrogen and oxygen atoms in total. The lowest BCUT2D eigenvalue weighted by atomic mass is 9.93. The fraction of sp³-hybridized carbons (Fsp3) is 0.350. The number of halogens is 2. The SMILES string of the molecule is CCCSNc1ccc(F)c(NC(=O)c2csc3c(NC4CCC4)ncnc23)c1F. The summed E-state index contributed by atoms with van der Waals surface area (Å²) >= 11 is 2.65. The first-order valence-corrected chi connectivity index (χ1v) is 11.6. The largest absolute Gasteiger partial charge is 0.366 e. The van der Waals surface area contributed by atoms with Gasteiger partial charge in [-0.15, -0.1) is 11.3 Å². The van der Waals surface area contributed by atoms with Crippen molar-refractivity contribution >= 4 is 56.6 Å².